The molecule has 9 heteroatoms. The van der Waals surface area contributed by atoms with Gasteiger partial charge in [0.2, 0.25) is 10.0 Å². The molecule has 0 radical (unpaired) electrons. The summed E-state index contributed by atoms with van der Waals surface area (Å²) in [4.78, 5) is 22.6. The highest BCUT2D eigenvalue weighted by molar-refractivity contribution is 7.89. The van der Waals surface area contributed by atoms with Gasteiger partial charge in [-0.1, -0.05) is 18.2 Å². The summed E-state index contributed by atoms with van der Waals surface area (Å²) in [6.45, 7) is 2.42. The zero-order valence-electron chi connectivity index (χ0n) is 15.4. The number of non-ortho nitro benzene ring substituents is 1. The predicted molar refractivity (Wildman–Crippen MR) is 104 cm³/mol. The van der Waals surface area contributed by atoms with Crippen molar-refractivity contribution in [2.45, 2.75) is 30.7 Å². The molecule has 8 nitrogen and oxygen atoms in total. The number of nitro benzene ring substituents is 1. The minimum Gasteiger partial charge on any atom is -0.349 e. The Balaban J connectivity index is 1.62. The maximum atomic E-state index is 12.7. The Morgan fingerprint density at radius 2 is 1.71 bits per heavy atom. The van der Waals surface area contributed by atoms with E-state index in [0.29, 0.717) is 18.4 Å². The van der Waals surface area contributed by atoms with Gasteiger partial charge in [-0.15, -0.1) is 0 Å². The smallest absolute Gasteiger partial charge is 0.269 e. The molecule has 1 saturated heterocycles. The second kappa shape index (κ2) is 8.07. The van der Waals surface area contributed by atoms with Gasteiger partial charge in [0.15, 0.2) is 0 Å². The molecule has 1 N–H and O–H groups in total. The van der Waals surface area contributed by atoms with E-state index in [1.165, 1.54) is 28.6 Å². The number of hydrogen-bond acceptors (Lipinski definition) is 5. The van der Waals surface area contributed by atoms with Gasteiger partial charge in [-0.25, -0.2) is 8.42 Å². The number of amides is 1. The van der Waals surface area contributed by atoms with E-state index >= 15 is 0 Å². The van der Waals surface area contributed by atoms with Crippen LogP contribution in [-0.2, 0) is 10.0 Å². The Labute approximate surface area is 163 Å². The zero-order valence-corrected chi connectivity index (χ0v) is 16.2. The number of rotatable bonds is 5. The third-order valence-corrected chi connectivity index (χ3v) is 6.78. The third kappa shape index (κ3) is 4.20. The van der Waals surface area contributed by atoms with Gasteiger partial charge in [0.1, 0.15) is 0 Å². The molecule has 1 amide bonds. The molecular weight excluding hydrogens is 382 g/mol. The topological polar surface area (TPSA) is 110 Å². The van der Waals surface area contributed by atoms with Crippen LogP contribution in [0.2, 0.25) is 0 Å². The van der Waals surface area contributed by atoms with Crippen molar-refractivity contribution in [2.24, 2.45) is 0 Å². The van der Waals surface area contributed by atoms with Crippen LogP contribution in [0.3, 0.4) is 0 Å². The highest BCUT2D eigenvalue weighted by Crippen LogP contribution is 2.23. The molecule has 0 aromatic heterocycles. The van der Waals surface area contributed by atoms with Gasteiger partial charge in [0.05, 0.1) is 9.82 Å². The fourth-order valence-electron chi connectivity index (χ4n) is 3.22. The van der Waals surface area contributed by atoms with E-state index in [0.717, 1.165) is 5.56 Å². The first-order chi connectivity index (χ1) is 13.3. The molecule has 1 aliphatic rings. The van der Waals surface area contributed by atoms with Crippen LogP contribution in [0.1, 0.15) is 28.8 Å². The molecule has 1 heterocycles. The molecule has 3 rings (SSSR count). The van der Waals surface area contributed by atoms with Crippen molar-refractivity contribution in [3.8, 4) is 0 Å². The Kier molecular flexibility index (Phi) is 5.76. The van der Waals surface area contributed by atoms with Crippen LogP contribution >= 0.6 is 0 Å². The molecule has 148 valence electrons. The van der Waals surface area contributed by atoms with E-state index in [9.17, 15) is 23.3 Å². The molecule has 0 saturated carbocycles. The number of carbonyl (C=O) groups is 1. The summed E-state index contributed by atoms with van der Waals surface area (Å²) >= 11 is 0. The zero-order chi connectivity index (χ0) is 20.3. The largest absolute Gasteiger partial charge is 0.349 e. The Bertz CT molecular complexity index is 981. The number of hydrogen-bond donors (Lipinski definition) is 1. The SMILES string of the molecule is Cc1ccccc1C(=O)NC1CCN(S(=O)(=O)c2ccc([N+](=O)[O-])cc2)CC1. The number of nitro groups is 1. The lowest BCUT2D eigenvalue weighted by molar-refractivity contribution is -0.384. The van der Waals surface area contributed by atoms with Crippen molar-refractivity contribution in [1.29, 1.82) is 0 Å². The van der Waals surface area contributed by atoms with Crippen molar-refractivity contribution >= 4 is 21.6 Å². The summed E-state index contributed by atoms with van der Waals surface area (Å²) in [7, 11) is -3.72. The Morgan fingerprint density at radius 3 is 2.29 bits per heavy atom. The van der Waals surface area contributed by atoms with Crippen molar-refractivity contribution in [1.82, 2.24) is 9.62 Å². The first kappa shape index (κ1) is 20.0. The van der Waals surface area contributed by atoms with Crippen LogP contribution in [0.15, 0.2) is 53.4 Å². The van der Waals surface area contributed by atoms with Gasteiger partial charge in [-0.3, -0.25) is 14.9 Å². The first-order valence-electron chi connectivity index (χ1n) is 8.90. The maximum Gasteiger partial charge on any atom is 0.269 e. The van der Waals surface area contributed by atoms with E-state index in [-0.39, 0.29) is 35.6 Å². The van der Waals surface area contributed by atoms with Crippen LogP contribution in [0.25, 0.3) is 0 Å². The minimum absolute atomic E-state index is 0.0282. The molecular formula is C19H21N3O5S. The lowest BCUT2D eigenvalue weighted by Crippen LogP contribution is -2.46. The van der Waals surface area contributed by atoms with Gasteiger partial charge < -0.3 is 5.32 Å². The molecule has 28 heavy (non-hydrogen) atoms. The third-order valence-electron chi connectivity index (χ3n) is 4.86. The summed E-state index contributed by atoms with van der Waals surface area (Å²) in [5.74, 6) is -0.158. The van der Waals surface area contributed by atoms with E-state index in [4.69, 9.17) is 0 Å². The van der Waals surface area contributed by atoms with Gasteiger partial charge in [-0.2, -0.15) is 4.31 Å². The number of aryl methyl sites for hydroxylation is 1. The summed E-state index contributed by atoms with van der Waals surface area (Å²) < 4.78 is 26.8. The second-order valence-corrected chi connectivity index (χ2v) is 8.66. The summed E-state index contributed by atoms with van der Waals surface area (Å²) in [6, 6.07) is 12.1. The van der Waals surface area contributed by atoms with E-state index < -0.39 is 14.9 Å². The fraction of sp³-hybridized carbons (Fsp3) is 0.316. The molecule has 0 atom stereocenters. The number of piperidine rings is 1. The maximum absolute atomic E-state index is 12.7. The van der Waals surface area contributed by atoms with E-state index in [2.05, 4.69) is 5.32 Å². The van der Waals surface area contributed by atoms with Crippen molar-refractivity contribution < 1.29 is 18.1 Å². The number of nitrogens with zero attached hydrogens (tertiary/aromatic N) is 2. The fourth-order valence-corrected chi connectivity index (χ4v) is 4.69. The predicted octanol–water partition coefficient (Wildman–Crippen LogP) is 2.49. The van der Waals surface area contributed by atoms with Crippen LogP contribution in [-0.4, -0.2) is 42.7 Å². The average Bonchev–Trinajstić information content (AvgIpc) is 2.68. The van der Waals surface area contributed by atoms with Crippen molar-refractivity contribution in [3.63, 3.8) is 0 Å². The van der Waals surface area contributed by atoms with Crippen molar-refractivity contribution in [3.05, 3.63) is 69.8 Å². The van der Waals surface area contributed by atoms with Gasteiger partial charge >= 0.3 is 0 Å². The monoisotopic (exact) mass is 403 g/mol. The van der Waals surface area contributed by atoms with Crippen molar-refractivity contribution in [2.75, 3.05) is 13.1 Å². The van der Waals surface area contributed by atoms with Crippen LogP contribution in [0.4, 0.5) is 5.69 Å². The molecule has 0 unspecified atom stereocenters. The lowest BCUT2D eigenvalue weighted by atomic mass is 10.0. The first-order valence-corrected chi connectivity index (χ1v) is 10.3. The van der Waals surface area contributed by atoms with E-state index in [1.807, 2.05) is 19.1 Å². The molecule has 0 spiro atoms. The standard InChI is InChI=1S/C19H21N3O5S/c1-14-4-2-3-5-18(14)19(23)20-15-10-12-21(13-11-15)28(26,27)17-8-6-16(7-9-17)22(24)25/h2-9,15H,10-13H2,1H3,(H,20,23). The number of carbonyl (C=O) groups excluding carboxylic acids is 1. The van der Waals surface area contributed by atoms with Gasteiger partial charge in [0, 0.05) is 36.8 Å². The average molecular weight is 403 g/mol. The Morgan fingerprint density at radius 1 is 1.11 bits per heavy atom. The summed E-state index contributed by atoms with van der Waals surface area (Å²) in [5.41, 5.74) is 1.35. The molecule has 1 fully saturated rings. The highest BCUT2D eigenvalue weighted by Gasteiger charge is 2.30. The number of sulfonamides is 1. The van der Waals surface area contributed by atoms with Crippen LogP contribution < -0.4 is 5.32 Å². The number of nitrogens with one attached hydrogen (secondary N) is 1. The van der Waals surface area contributed by atoms with Crippen LogP contribution in [0.5, 0.6) is 0 Å². The van der Waals surface area contributed by atoms with E-state index in [1.54, 1.807) is 12.1 Å². The van der Waals surface area contributed by atoms with Gasteiger partial charge in [0.25, 0.3) is 11.6 Å². The quantitative estimate of drug-likeness (QED) is 0.609. The Hall–Kier alpha value is -2.78. The normalized spacial score (nSPS) is 15.9. The molecule has 1 aliphatic heterocycles. The summed E-state index contributed by atoms with van der Waals surface area (Å²) in [6.07, 6.45) is 1.01. The molecule has 0 bridgehead atoms. The minimum atomic E-state index is -3.72. The van der Waals surface area contributed by atoms with Gasteiger partial charge in [-0.05, 0) is 43.5 Å². The van der Waals surface area contributed by atoms with Crippen LogP contribution in [0, 0.1) is 17.0 Å². The second-order valence-electron chi connectivity index (χ2n) is 6.72. The number of benzene rings is 2. The summed E-state index contributed by atoms with van der Waals surface area (Å²) in [5, 5.41) is 13.7. The molecule has 0 aliphatic carbocycles. The molecule has 2 aromatic carbocycles. The molecule has 2 aromatic rings. The highest BCUT2D eigenvalue weighted by atomic mass is 32.2. The lowest BCUT2D eigenvalue weighted by Gasteiger charge is -2.31.